The van der Waals surface area contributed by atoms with Gasteiger partial charge in [0.1, 0.15) is 0 Å². The SMILES string of the molecule is CC(COCCO)C(=O)c1ccc(Cc2cccnc2)cc1. The van der Waals surface area contributed by atoms with E-state index in [4.69, 9.17) is 9.84 Å². The molecule has 4 heteroatoms. The highest BCUT2D eigenvalue weighted by Gasteiger charge is 2.15. The lowest BCUT2D eigenvalue weighted by Crippen LogP contribution is -2.18. The first-order valence-corrected chi connectivity index (χ1v) is 7.41. The number of aliphatic hydroxyl groups excluding tert-OH is 1. The smallest absolute Gasteiger partial charge is 0.167 e. The minimum Gasteiger partial charge on any atom is -0.394 e. The molecule has 1 unspecified atom stereocenters. The van der Waals surface area contributed by atoms with Gasteiger partial charge in [-0.25, -0.2) is 0 Å². The lowest BCUT2D eigenvalue weighted by atomic mass is 9.97. The van der Waals surface area contributed by atoms with E-state index in [-0.39, 0.29) is 24.9 Å². The fraction of sp³-hybridized carbons (Fsp3) is 0.333. The number of Topliss-reactive ketones (excluding diaryl/α,β-unsaturated/α-hetero) is 1. The Morgan fingerprint density at radius 1 is 1.23 bits per heavy atom. The minimum atomic E-state index is -0.212. The van der Waals surface area contributed by atoms with Gasteiger partial charge in [0, 0.05) is 23.9 Å². The van der Waals surface area contributed by atoms with Crippen molar-refractivity contribution >= 4 is 5.78 Å². The molecular weight excluding hydrogens is 278 g/mol. The fourth-order valence-corrected chi connectivity index (χ4v) is 2.21. The number of hydrogen-bond donors (Lipinski definition) is 1. The normalized spacial score (nSPS) is 12.1. The van der Waals surface area contributed by atoms with Crippen LogP contribution in [0.1, 0.15) is 28.4 Å². The molecule has 1 aromatic heterocycles. The highest BCUT2D eigenvalue weighted by molar-refractivity contribution is 5.97. The summed E-state index contributed by atoms with van der Waals surface area (Å²) in [6.07, 6.45) is 4.41. The van der Waals surface area contributed by atoms with Gasteiger partial charge >= 0.3 is 0 Å². The predicted octanol–water partition coefficient (Wildman–Crippen LogP) is 2.50. The maximum absolute atomic E-state index is 12.3. The van der Waals surface area contributed by atoms with Crippen LogP contribution >= 0.6 is 0 Å². The zero-order valence-corrected chi connectivity index (χ0v) is 12.7. The fourth-order valence-electron chi connectivity index (χ4n) is 2.21. The summed E-state index contributed by atoms with van der Waals surface area (Å²) in [7, 11) is 0. The molecule has 1 N–H and O–H groups in total. The molecule has 1 heterocycles. The molecular formula is C18H21NO3. The summed E-state index contributed by atoms with van der Waals surface area (Å²) in [6.45, 7) is 2.41. The van der Waals surface area contributed by atoms with Crippen molar-refractivity contribution in [2.45, 2.75) is 13.3 Å². The third kappa shape index (κ3) is 4.76. The van der Waals surface area contributed by atoms with Gasteiger partial charge in [-0.3, -0.25) is 9.78 Å². The molecule has 0 aliphatic rings. The summed E-state index contributed by atoms with van der Waals surface area (Å²) in [5, 5.41) is 8.67. The maximum Gasteiger partial charge on any atom is 0.167 e. The standard InChI is InChI=1S/C18H21NO3/c1-14(13-22-10-9-20)18(21)17-6-4-15(5-7-17)11-16-3-2-8-19-12-16/h2-8,12,14,20H,9-11,13H2,1H3. The molecule has 0 aliphatic heterocycles. The van der Waals surface area contributed by atoms with Crippen LogP contribution in [0.15, 0.2) is 48.8 Å². The van der Waals surface area contributed by atoms with E-state index >= 15 is 0 Å². The number of benzene rings is 1. The van der Waals surface area contributed by atoms with E-state index in [9.17, 15) is 4.79 Å². The summed E-state index contributed by atoms with van der Waals surface area (Å²) in [6, 6.07) is 11.6. The molecule has 0 saturated heterocycles. The molecule has 22 heavy (non-hydrogen) atoms. The first-order chi connectivity index (χ1) is 10.7. The Labute approximate surface area is 130 Å². The number of nitrogens with zero attached hydrogens (tertiary/aromatic N) is 1. The van der Waals surface area contributed by atoms with E-state index in [1.54, 1.807) is 6.20 Å². The molecule has 0 fully saturated rings. The van der Waals surface area contributed by atoms with Crippen LogP contribution in [0, 0.1) is 5.92 Å². The van der Waals surface area contributed by atoms with Crippen LogP contribution in [0.3, 0.4) is 0 Å². The summed E-state index contributed by atoms with van der Waals surface area (Å²) in [4.78, 5) is 16.4. The van der Waals surface area contributed by atoms with Gasteiger partial charge in [0.05, 0.1) is 19.8 Å². The highest BCUT2D eigenvalue weighted by Crippen LogP contribution is 2.13. The second-order valence-corrected chi connectivity index (χ2v) is 5.30. The Kier molecular flexibility index (Phi) is 6.25. The molecule has 2 rings (SSSR count). The van der Waals surface area contributed by atoms with Crippen molar-refractivity contribution in [3.05, 3.63) is 65.5 Å². The van der Waals surface area contributed by atoms with E-state index in [2.05, 4.69) is 4.98 Å². The average Bonchev–Trinajstić information content (AvgIpc) is 2.56. The van der Waals surface area contributed by atoms with E-state index in [1.807, 2.05) is 49.5 Å². The van der Waals surface area contributed by atoms with Gasteiger partial charge in [-0.05, 0) is 23.6 Å². The molecule has 0 saturated carbocycles. The number of ether oxygens (including phenoxy) is 1. The minimum absolute atomic E-state index is 0.0239. The maximum atomic E-state index is 12.3. The molecule has 0 aliphatic carbocycles. The van der Waals surface area contributed by atoms with Gasteiger partial charge in [0.15, 0.2) is 5.78 Å². The summed E-state index contributed by atoms with van der Waals surface area (Å²) < 4.78 is 5.21. The second-order valence-electron chi connectivity index (χ2n) is 5.30. The summed E-state index contributed by atoms with van der Waals surface area (Å²) >= 11 is 0. The van der Waals surface area contributed by atoms with Gasteiger partial charge in [-0.2, -0.15) is 0 Å². The Bertz CT molecular complexity index is 581. The van der Waals surface area contributed by atoms with Crippen LogP contribution < -0.4 is 0 Å². The van der Waals surface area contributed by atoms with Crippen molar-refractivity contribution in [2.75, 3.05) is 19.8 Å². The van der Waals surface area contributed by atoms with Crippen LogP contribution in [-0.2, 0) is 11.2 Å². The number of aromatic nitrogens is 1. The van der Waals surface area contributed by atoms with Gasteiger partial charge in [-0.1, -0.05) is 37.3 Å². The molecule has 4 nitrogen and oxygen atoms in total. The molecule has 1 aromatic carbocycles. The quantitative estimate of drug-likeness (QED) is 0.601. The average molecular weight is 299 g/mol. The lowest BCUT2D eigenvalue weighted by Gasteiger charge is -2.11. The van der Waals surface area contributed by atoms with Crippen LogP contribution in [0.5, 0.6) is 0 Å². The Morgan fingerprint density at radius 3 is 2.64 bits per heavy atom. The first-order valence-electron chi connectivity index (χ1n) is 7.41. The van der Waals surface area contributed by atoms with E-state index < -0.39 is 0 Å². The van der Waals surface area contributed by atoms with Crippen molar-refractivity contribution in [3.8, 4) is 0 Å². The molecule has 0 radical (unpaired) electrons. The number of carbonyl (C=O) groups excluding carboxylic acids is 1. The van der Waals surface area contributed by atoms with Gasteiger partial charge < -0.3 is 9.84 Å². The molecule has 1 atom stereocenters. The van der Waals surface area contributed by atoms with Crippen LogP contribution in [0.25, 0.3) is 0 Å². The van der Waals surface area contributed by atoms with Crippen molar-refractivity contribution in [1.82, 2.24) is 4.98 Å². The lowest BCUT2D eigenvalue weighted by molar-refractivity contribution is 0.0601. The number of pyridine rings is 1. The first kappa shape index (κ1) is 16.3. The van der Waals surface area contributed by atoms with Gasteiger partial charge in [0.2, 0.25) is 0 Å². The Balaban J connectivity index is 1.94. The van der Waals surface area contributed by atoms with Crippen LogP contribution in [0.2, 0.25) is 0 Å². The van der Waals surface area contributed by atoms with E-state index in [0.29, 0.717) is 12.2 Å². The number of carbonyl (C=O) groups is 1. The molecule has 0 amide bonds. The molecule has 2 aromatic rings. The van der Waals surface area contributed by atoms with E-state index in [1.165, 1.54) is 0 Å². The van der Waals surface area contributed by atoms with Crippen LogP contribution in [0.4, 0.5) is 0 Å². The van der Waals surface area contributed by atoms with Gasteiger partial charge in [-0.15, -0.1) is 0 Å². The highest BCUT2D eigenvalue weighted by atomic mass is 16.5. The van der Waals surface area contributed by atoms with Crippen molar-refractivity contribution in [3.63, 3.8) is 0 Å². The monoisotopic (exact) mass is 299 g/mol. The molecule has 0 spiro atoms. The number of hydrogen-bond acceptors (Lipinski definition) is 4. The van der Waals surface area contributed by atoms with Gasteiger partial charge in [0.25, 0.3) is 0 Å². The van der Waals surface area contributed by atoms with Crippen molar-refractivity contribution < 1.29 is 14.6 Å². The third-order valence-corrected chi connectivity index (χ3v) is 3.42. The Hall–Kier alpha value is -2.04. The summed E-state index contributed by atoms with van der Waals surface area (Å²) in [5.41, 5.74) is 2.98. The van der Waals surface area contributed by atoms with Crippen LogP contribution in [-0.4, -0.2) is 35.7 Å². The second kappa shape index (κ2) is 8.41. The molecule has 116 valence electrons. The van der Waals surface area contributed by atoms with E-state index in [0.717, 1.165) is 17.5 Å². The van der Waals surface area contributed by atoms with Crippen molar-refractivity contribution in [2.24, 2.45) is 5.92 Å². The summed E-state index contributed by atoms with van der Waals surface area (Å²) in [5.74, 6) is -0.151. The topological polar surface area (TPSA) is 59.4 Å². The molecule has 0 bridgehead atoms. The van der Waals surface area contributed by atoms with Crippen molar-refractivity contribution in [1.29, 1.82) is 0 Å². The number of ketones is 1. The third-order valence-electron chi connectivity index (χ3n) is 3.42. The zero-order valence-electron chi connectivity index (χ0n) is 12.7. The zero-order chi connectivity index (χ0) is 15.8. The Morgan fingerprint density at radius 2 is 2.00 bits per heavy atom. The largest absolute Gasteiger partial charge is 0.394 e. The predicted molar refractivity (Wildman–Crippen MR) is 84.9 cm³/mol. The number of aliphatic hydroxyl groups is 1. The number of rotatable bonds is 8.